The summed E-state index contributed by atoms with van der Waals surface area (Å²) < 4.78 is 23.0. The number of carboxylic acid groups (broad SMARTS) is 1. The van der Waals surface area contributed by atoms with Gasteiger partial charge >= 0.3 is 17.9 Å². The van der Waals surface area contributed by atoms with Crippen molar-refractivity contribution in [2.24, 2.45) is 0 Å². The smallest absolute Gasteiger partial charge is 0.361 e. The second-order valence-corrected chi connectivity index (χ2v) is 26.6. The summed E-state index contributed by atoms with van der Waals surface area (Å²) in [4.78, 5) is 37.7. The van der Waals surface area contributed by atoms with Crippen molar-refractivity contribution in [2.75, 3.05) is 47.5 Å². The van der Waals surface area contributed by atoms with Crippen LogP contribution < -0.4 is 0 Å². The number of nitrogens with zero attached hydrogens (tertiary/aromatic N) is 1. The van der Waals surface area contributed by atoms with Gasteiger partial charge in [-0.25, -0.2) is 4.79 Å². The Morgan fingerprint density at radius 3 is 0.944 bits per heavy atom. The molecule has 0 aromatic rings. The molecule has 1 N–H and O–H groups in total. The molecule has 0 aromatic heterocycles. The first-order valence-corrected chi connectivity index (χ1v) is 37.9. The van der Waals surface area contributed by atoms with Gasteiger partial charge in [0, 0.05) is 12.8 Å². The quantitative estimate of drug-likeness (QED) is 0.0211. The van der Waals surface area contributed by atoms with Crippen molar-refractivity contribution in [3.8, 4) is 0 Å². The topological polar surface area (TPSA) is 108 Å². The maximum Gasteiger partial charge on any atom is 0.361 e. The van der Waals surface area contributed by atoms with E-state index >= 15 is 0 Å². The third-order valence-corrected chi connectivity index (χ3v) is 16.6. The standard InChI is InChI=1S/C81H143NO8/c1-6-8-10-12-14-16-18-20-22-24-26-28-30-32-34-36-37-38-39-40-41-42-44-45-47-49-51-53-55-57-59-61-63-65-67-69-71-78(83)88-75-77(76-89-81(80(85)86)87-74-73-82(3,4)5)90-79(84)72-70-68-66-64-62-60-58-56-54-52-50-48-46-43-35-33-31-29-27-25-23-21-19-17-15-13-11-9-7-2/h9,11,15,17,21,23,27,29,33,35,46,48,52,54,58,60,77,81H,6-8,10,12-14,16,18-20,22,24-26,28,30-32,34,36-45,47,49-51,53,55-57,59,61-76H2,1-5H3/p+1/b11-9-,17-15-,23-21-,29-27-,35-33-,48-46-,54-52-,60-58-. The second-order valence-electron chi connectivity index (χ2n) is 26.6. The van der Waals surface area contributed by atoms with Crippen LogP contribution in [0.5, 0.6) is 0 Å². The summed E-state index contributed by atoms with van der Waals surface area (Å²) in [5.74, 6) is -2.03. The zero-order valence-corrected chi connectivity index (χ0v) is 59.5. The first-order chi connectivity index (χ1) is 44.1. The van der Waals surface area contributed by atoms with Crippen LogP contribution in [0.2, 0.25) is 0 Å². The van der Waals surface area contributed by atoms with Crippen molar-refractivity contribution in [1.29, 1.82) is 0 Å². The van der Waals surface area contributed by atoms with E-state index in [1.54, 1.807) is 0 Å². The summed E-state index contributed by atoms with van der Waals surface area (Å²) >= 11 is 0. The van der Waals surface area contributed by atoms with E-state index in [1.807, 2.05) is 21.1 Å². The molecule has 90 heavy (non-hydrogen) atoms. The molecule has 0 saturated carbocycles. The van der Waals surface area contributed by atoms with Gasteiger partial charge in [0.25, 0.3) is 6.29 Å². The molecule has 0 fully saturated rings. The van der Waals surface area contributed by atoms with E-state index in [0.29, 0.717) is 23.9 Å². The molecule has 0 spiro atoms. The molecule has 0 saturated heterocycles. The maximum absolute atomic E-state index is 12.9. The van der Waals surface area contributed by atoms with Gasteiger partial charge < -0.3 is 28.5 Å². The molecule has 0 amide bonds. The van der Waals surface area contributed by atoms with E-state index in [0.717, 1.165) is 96.3 Å². The van der Waals surface area contributed by atoms with Crippen LogP contribution >= 0.6 is 0 Å². The lowest BCUT2D eigenvalue weighted by atomic mass is 10.0. The Kier molecular flexibility index (Phi) is 68.1. The summed E-state index contributed by atoms with van der Waals surface area (Å²) in [6.45, 7) is 4.77. The van der Waals surface area contributed by atoms with E-state index in [2.05, 4.69) is 111 Å². The number of likely N-dealkylation sites (N-methyl/N-ethyl adjacent to an activating group) is 1. The van der Waals surface area contributed by atoms with Gasteiger partial charge in [0.1, 0.15) is 13.2 Å². The molecule has 9 heteroatoms. The summed E-state index contributed by atoms with van der Waals surface area (Å²) in [5, 5.41) is 9.76. The number of esters is 2. The Hall–Kier alpha value is -3.79. The largest absolute Gasteiger partial charge is 0.477 e. The third kappa shape index (κ3) is 71.6. The normalized spacial score (nSPS) is 13.2. The molecule has 0 aliphatic carbocycles. The zero-order valence-electron chi connectivity index (χ0n) is 59.5. The molecule has 0 rings (SSSR count). The van der Waals surface area contributed by atoms with Crippen LogP contribution in [0.3, 0.4) is 0 Å². The average Bonchev–Trinajstić information content (AvgIpc) is 3.74. The maximum atomic E-state index is 12.9. The van der Waals surface area contributed by atoms with Crippen molar-refractivity contribution in [3.05, 3.63) is 97.2 Å². The SMILES string of the molecule is CC/C=C\C/C=C\C/C=C\C/C=C\C/C=C\C/C=C\C/C=C\C/C=C\CCCCCCC(=O)OC(COC(=O)CCCCCCCCCCCCCCCCCCCCCCCCCCCCCCCCCCCCCC)COC(OCC[N+](C)(C)C)C(=O)O. The van der Waals surface area contributed by atoms with Crippen LogP contribution in [0.1, 0.15) is 341 Å². The molecule has 2 atom stereocenters. The van der Waals surface area contributed by atoms with Gasteiger partial charge in [0.05, 0.1) is 34.4 Å². The van der Waals surface area contributed by atoms with Crippen molar-refractivity contribution >= 4 is 17.9 Å². The zero-order chi connectivity index (χ0) is 65.4. The minimum Gasteiger partial charge on any atom is -0.477 e. The first kappa shape index (κ1) is 86.2. The van der Waals surface area contributed by atoms with E-state index in [1.165, 1.54) is 212 Å². The van der Waals surface area contributed by atoms with Gasteiger partial charge in [0.15, 0.2) is 6.10 Å². The number of carbonyl (C=O) groups excluding carboxylic acids is 2. The van der Waals surface area contributed by atoms with Crippen molar-refractivity contribution in [3.63, 3.8) is 0 Å². The molecular weight excluding hydrogens is 1110 g/mol. The molecule has 0 bridgehead atoms. The predicted molar refractivity (Wildman–Crippen MR) is 387 cm³/mol. The number of hydrogen-bond donors (Lipinski definition) is 1. The molecule has 0 aromatic carbocycles. The number of carbonyl (C=O) groups is 3. The lowest BCUT2D eigenvalue weighted by Crippen LogP contribution is -2.40. The Labute approximate surface area is 556 Å². The van der Waals surface area contributed by atoms with Gasteiger partial charge in [-0.3, -0.25) is 9.59 Å². The summed E-state index contributed by atoms with van der Waals surface area (Å²) in [7, 11) is 5.97. The molecule has 2 unspecified atom stereocenters. The van der Waals surface area contributed by atoms with Gasteiger partial charge in [-0.05, 0) is 77.0 Å². The lowest BCUT2D eigenvalue weighted by Gasteiger charge is -2.25. The van der Waals surface area contributed by atoms with Crippen LogP contribution in [0.4, 0.5) is 0 Å². The van der Waals surface area contributed by atoms with Crippen LogP contribution in [0.25, 0.3) is 0 Å². The van der Waals surface area contributed by atoms with Crippen LogP contribution in [-0.4, -0.2) is 87.4 Å². The third-order valence-electron chi connectivity index (χ3n) is 16.6. The highest BCUT2D eigenvalue weighted by Gasteiger charge is 2.25. The highest BCUT2D eigenvalue weighted by Crippen LogP contribution is 2.19. The Morgan fingerprint density at radius 1 is 0.344 bits per heavy atom. The molecule has 9 nitrogen and oxygen atoms in total. The van der Waals surface area contributed by atoms with Crippen LogP contribution in [0.15, 0.2) is 97.2 Å². The monoisotopic (exact) mass is 1260 g/mol. The average molecular weight is 1260 g/mol. The van der Waals surface area contributed by atoms with Crippen molar-refractivity contribution in [2.45, 2.75) is 354 Å². The fourth-order valence-corrected chi connectivity index (χ4v) is 10.9. The molecule has 0 heterocycles. The summed E-state index contributed by atoms with van der Waals surface area (Å²) in [6, 6.07) is 0. The minimum atomic E-state index is -1.52. The van der Waals surface area contributed by atoms with Crippen LogP contribution in [-0.2, 0) is 33.3 Å². The number of unbranched alkanes of at least 4 members (excludes halogenated alkanes) is 39. The minimum absolute atomic E-state index is 0.179. The van der Waals surface area contributed by atoms with E-state index < -0.39 is 24.3 Å². The first-order valence-electron chi connectivity index (χ1n) is 37.9. The van der Waals surface area contributed by atoms with E-state index in [9.17, 15) is 19.5 Å². The second kappa shape index (κ2) is 71.1. The lowest BCUT2D eigenvalue weighted by molar-refractivity contribution is -0.870. The molecule has 0 aliphatic rings. The highest BCUT2D eigenvalue weighted by atomic mass is 16.7. The number of aliphatic carboxylic acids is 1. The Balaban J connectivity index is 4.08. The predicted octanol–water partition coefficient (Wildman–Crippen LogP) is 24.0. The van der Waals surface area contributed by atoms with Gasteiger partial charge in [-0.1, -0.05) is 349 Å². The molecular formula is C81H144NO8+. The number of carboxylic acids is 1. The van der Waals surface area contributed by atoms with Gasteiger partial charge in [0.2, 0.25) is 0 Å². The highest BCUT2D eigenvalue weighted by molar-refractivity contribution is 5.71. The Morgan fingerprint density at radius 2 is 0.633 bits per heavy atom. The molecule has 0 radical (unpaired) electrons. The summed E-state index contributed by atoms with van der Waals surface area (Å²) in [5.41, 5.74) is 0. The number of hydrogen-bond acceptors (Lipinski definition) is 7. The fourth-order valence-electron chi connectivity index (χ4n) is 10.9. The fraction of sp³-hybridized carbons (Fsp3) is 0.765. The van der Waals surface area contributed by atoms with Crippen molar-refractivity contribution in [1.82, 2.24) is 0 Å². The van der Waals surface area contributed by atoms with Gasteiger partial charge in [-0.15, -0.1) is 0 Å². The number of rotatable bonds is 70. The van der Waals surface area contributed by atoms with Gasteiger partial charge in [-0.2, -0.15) is 0 Å². The van der Waals surface area contributed by atoms with E-state index in [-0.39, 0.29) is 32.2 Å². The number of quaternary nitrogens is 1. The van der Waals surface area contributed by atoms with Crippen molar-refractivity contribution < 1.29 is 42.9 Å². The molecule has 520 valence electrons. The summed E-state index contributed by atoms with van der Waals surface area (Å²) in [6.07, 6.45) is 95.6. The number of ether oxygens (including phenoxy) is 4. The molecule has 0 aliphatic heterocycles. The van der Waals surface area contributed by atoms with E-state index in [4.69, 9.17) is 18.9 Å². The van der Waals surface area contributed by atoms with Crippen LogP contribution in [0, 0.1) is 0 Å². The Bertz CT molecular complexity index is 1800. The number of allylic oxidation sites excluding steroid dienone is 16.